The fourth-order valence-electron chi connectivity index (χ4n) is 2.92. The standard InChI is InChI=1S/C8H12N2/c9-10-7-5-8(10)3-1-6(7)2-4-8/h6,9H,1-5H2. The Labute approximate surface area is 60.7 Å². The first-order valence-corrected chi connectivity index (χ1v) is 4.19. The molecule has 2 heteroatoms. The Bertz CT molecular complexity index is 221. The van der Waals surface area contributed by atoms with E-state index in [4.69, 9.17) is 5.84 Å². The average molecular weight is 136 g/mol. The van der Waals surface area contributed by atoms with Gasteiger partial charge in [-0.3, -0.25) is 4.68 Å². The quantitative estimate of drug-likeness (QED) is 0.454. The second kappa shape index (κ2) is 1.25. The van der Waals surface area contributed by atoms with E-state index < -0.39 is 0 Å². The third-order valence-corrected chi connectivity index (χ3v) is 3.66. The predicted molar refractivity (Wildman–Crippen MR) is 38.9 cm³/mol. The highest BCUT2D eigenvalue weighted by Crippen LogP contribution is 2.51. The maximum atomic E-state index is 7.70. The molecular formula is C8H12N2. The molecule has 54 valence electrons. The van der Waals surface area contributed by atoms with E-state index in [0.29, 0.717) is 5.54 Å². The van der Waals surface area contributed by atoms with E-state index in [-0.39, 0.29) is 0 Å². The van der Waals surface area contributed by atoms with Gasteiger partial charge in [-0.2, -0.15) is 0 Å². The third-order valence-electron chi connectivity index (χ3n) is 3.66. The van der Waals surface area contributed by atoms with Crippen molar-refractivity contribution in [2.24, 2.45) is 5.92 Å². The zero-order chi connectivity index (χ0) is 6.77. The van der Waals surface area contributed by atoms with Gasteiger partial charge < -0.3 is 5.84 Å². The monoisotopic (exact) mass is 136 g/mol. The lowest BCUT2D eigenvalue weighted by Crippen LogP contribution is -2.63. The van der Waals surface area contributed by atoms with Gasteiger partial charge in [0, 0.05) is 18.8 Å². The zero-order valence-corrected chi connectivity index (χ0v) is 6.06. The molecule has 6 aliphatic rings. The lowest BCUT2D eigenvalue weighted by atomic mass is 9.60. The highest BCUT2D eigenvalue weighted by atomic mass is 15.4. The zero-order valence-electron chi connectivity index (χ0n) is 6.06. The van der Waals surface area contributed by atoms with Gasteiger partial charge in [0.15, 0.2) is 11.3 Å². The van der Waals surface area contributed by atoms with E-state index in [0.717, 1.165) is 5.92 Å². The second-order valence-electron chi connectivity index (χ2n) is 4.00. The average Bonchev–Trinajstić information content (AvgIpc) is 2.05. The Kier molecular flexibility index (Phi) is 0.644. The number of nitrogens with one attached hydrogen (secondary N) is 1. The molecule has 1 spiro atoms. The Morgan fingerprint density at radius 1 is 1.40 bits per heavy atom. The molecule has 1 N–H and O–H groups in total. The van der Waals surface area contributed by atoms with Crippen molar-refractivity contribution >= 4 is 5.71 Å². The molecule has 0 radical (unpaired) electrons. The summed E-state index contributed by atoms with van der Waals surface area (Å²) in [6.45, 7) is 0. The molecule has 3 aliphatic heterocycles. The Morgan fingerprint density at radius 2 is 2.10 bits per heavy atom. The van der Waals surface area contributed by atoms with Gasteiger partial charge in [-0.25, -0.2) is 0 Å². The van der Waals surface area contributed by atoms with Crippen molar-refractivity contribution in [2.45, 2.75) is 37.6 Å². The van der Waals surface area contributed by atoms with Crippen LogP contribution in [0.2, 0.25) is 0 Å². The molecule has 3 bridgehead atoms. The van der Waals surface area contributed by atoms with Crippen molar-refractivity contribution in [3.05, 3.63) is 5.84 Å². The summed E-state index contributed by atoms with van der Waals surface area (Å²) < 4.78 is 1.82. The van der Waals surface area contributed by atoms with Gasteiger partial charge in [-0.1, -0.05) is 0 Å². The fourth-order valence-corrected chi connectivity index (χ4v) is 2.92. The summed E-state index contributed by atoms with van der Waals surface area (Å²) in [5.74, 6) is 8.52. The van der Waals surface area contributed by atoms with Gasteiger partial charge in [-0.15, -0.1) is 0 Å². The van der Waals surface area contributed by atoms with Crippen molar-refractivity contribution < 1.29 is 4.68 Å². The van der Waals surface area contributed by atoms with Crippen molar-refractivity contribution in [1.82, 2.24) is 0 Å². The molecule has 6 rings (SSSR count). The molecule has 0 aromatic rings. The van der Waals surface area contributed by atoms with Gasteiger partial charge in [-0.05, 0) is 12.8 Å². The molecule has 0 unspecified atom stereocenters. The minimum atomic E-state index is 0.351. The van der Waals surface area contributed by atoms with E-state index in [9.17, 15) is 0 Å². The normalized spacial score (nSPS) is 49.4. The molecule has 0 aromatic heterocycles. The summed E-state index contributed by atoms with van der Waals surface area (Å²) in [5, 5.41) is 0. The fraction of sp³-hybridized carbons (Fsp3) is 0.875. The molecule has 0 amide bonds. The molecule has 3 saturated carbocycles. The first kappa shape index (κ1) is 5.16. The van der Waals surface area contributed by atoms with Crippen LogP contribution in [0.15, 0.2) is 0 Å². The molecule has 0 atom stereocenters. The van der Waals surface area contributed by atoms with Crippen LogP contribution in [0.25, 0.3) is 5.84 Å². The van der Waals surface area contributed by atoms with Crippen LogP contribution in [0.1, 0.15) is 32.1 Å². The summed E-state index contributed by atoms with van der Waals surface area (Å²) >= 11 is 0. The lowest BCUT2D eigenvalue weighted by molar-refractivity contribution is -0.599. The minimum Gasteiger partial charge on any atom is -0.454 e. The van der Waals surface area contributed by atoms with E-state index in [1.165, 1.54) is 37.8 Å². The van der Waals surface area contributed by atoms with Crippen LogP contribution in [0, 0.1) is 5.92 Å². The van der Waals surface area contributed by atoms with Crippen LogP contribution in [-0.2, 0) is 0 Å². The Balaban J connectivity index is 2.18. The predicted octanol–water partition coefficient (Wildman–Crippen LogP) is 1.75. The van der Waals surface area contributed by atoms with Crippen LogP contribution in [0.3, 0.4) is 0 Å². The summed E-state index contributed by atoms with van der Waals surface area (Å²) in [7, 11) is 0. The summed E-state index contributed by atoms with van der Waals surface area (Å²) in [6, 6.07) is 0. The summed E-state index contributed by atoms with van der Waals surface area (Å²) in [5.41, 5.74) is 1.79. The Morgan fingerprint density at radius 3 is 2.30 bits per heavy atom. The molecule has 3 heterocycles. The van der Waals surface area contributed by atoms with E-state index in [2.05, 4.69) is 0 Å². The van der Waals surface area contributed by atoms with Crippen molar-refractivity contribution in [3.8, 4) is 0 Å². The molecule has 0 aromatic carbocycles. The maximum absolute atomic E-state index is 7.70. The molecule has 3 aliphatic carbocycles. The Hall–Kier alpha value is -0.530. The van der Waals surface area contributed by atoms with Crippen LogP contribution in [-0.4, -0.2) is 15.9 Å². The van der Waals surface area contributed by atoms with Gasteiger partial charge in [0.1, 0.15) is 0 Å². The van der Waals surface area contributed by atoms with Crippen LogP contribution in [0.5, 0.6) is 0 Å². The van der Waals surface area contributed by atoms with E-state index in [1.54, 1.807) is 0 Å². The number of hydrogen-bond donors (Lipinski definition) is 0. The molecule has 0 saturated heterocycles. The van der Waals surface area contributed by atoms with E-state index >= 15 is 0 Å². The van der Waals surface area contributed by atoms with Gasteiger partial charge in [0.25, 0.3) is 0 Å². The highest BCUT2D eigenvalue weighted by molar-refractivity contribution is 5.88. The smallest absolute Gasteiger partial charge is 0.166 e. The molecule has 2 nitrogen and oxygen atoms in total. The third kappa shape index (κ3) is 0.337. The first-order valence-electron chi connectivity index (χ1n) is 4.19. The van der Waals surface area contributed by atoms with Crippen LogP contribution in [0.4, 0.5) is 0 Å². The topological polar surface area (TPSA) is 26.8 Å². The number of nitrogens with zero attached hydrogens (tertiary/aromatic N) is 1. The second-order valence-corrected chi connectivity index (χ2v) is 4.00. The minimum absolute atomic E-state index is 0.351. The molecule has 10 heavy (non-hydrogen) atoms. The van der Waals surface area contributed by atoms with Gasteiger partial charge in [0.05, 0.1) is 6.42 Å². The van der Waals surface area contributed by atoms with Gasteiger partial charge >= 0.3 is 0 Å². The summed E-state index contributed by atoms with van der Waals surface area (Å²) in [4.78, 5) is 0. The van der Waals surface area contributed by atoms with Crippen molar-refractivity contribution in [2.75, 3.05) is 0 Å². The highest BCUT2D eigenvalue weighted by Gasteiger charge is 2.59. The lowest BCUT2D eigenvalue weighted by Gasteiger charge is -2.53. The largest absolute Gasteiger partial charge is 0.454 e. The van der Waals surface area contributed by atoms with Crippen LogP contribution < -0.4 is 0 Å². The number of rotatable bonds is 0. The van der Waals surface area contributed by atoms with E-state index in [1.807, 2.05) is 4.68 Å². The SMILES string of the molecule is [NH-][N+]1=C2CC13CCC2CC3. The molecule has 3 fully saturated rings. The van der Waals surface area contributed by atoms with Crippen molar-refractivity contribution in [1.29, 1.82) is 0 Å². The van der Waals surface area contributed by atoms with Crippen LogP contribution >= 0.6 is 0 Å². The maximum Gasteiger partial charge on any atom is 0.166 e. The van der Waals surface area contributed by atoms with Crippen molar-refractivity contribution in [3.63, 3.8) is 0 Å². The molecular weight excluding hydrogens is 124 g/mol. The van der Waals surface area contributed by atoms with Gasteiger partial charge in [0.2, 0.25) is 0 Å². The number of hydrogen-bond acceptors (Lipinski definition) is 0. The summed E-state index contributed by atoms with van der Waals surface area (Å²) in [6.07, 6.45) is 6.62. The first-order chi connectivity index (χ1) is 4.82.